The van der Waals surface area contributed by atoms with Gasteiger partial charge in [-0.2, -0.15) is 0 Å². The zero-order valence-electron chi connectivity index (χ0n) is 13.1. The van der Waals surface area contributed by atoms with Gasteiger partial charge in [-0.3, -0.25) is 0 Å². The highest BCUT2D eigenvalue weighted by atomic mass is 79.9. The zero-order chi connectivity index (χ0) is 15.6. The Kier molecular flexibility index (Phi) is 5.25. The molecular weight excluding hydrogens is 318 g/mol. The predicted octanol–water partition coefficient (Wildman–Crippen LogP) is 4.85. The molecule has 0 heterocycles. The van der Waals surface area contributed by atoms with Gasteiger partial charge < -0.3 is 10.1 Å². The minimum absolute atomic E-state index is 0.233. The maximum Gasteiger partial charge on any atom is 0.408 e. The fourth-order valence-electron chi connectivity index (χ4n) is 1.86. The highest BCUT2D eigenvalue weighted by Crippen LogP contribution is 2.30. The van der Waals surface area contributed by atoms with Gasteiger partial charge in [0, 0.05) is 4.47 Å². The van der Waals surface area contributed by atoms with Crippen LogP contribution in [0.5, 0.6) is 0 Å². The lowest BCUT2D eigenvalue weighted by atomic mass is 9.82. The molecule has 0 radical (unpaired) electrons. The second-order valence-electron chi connectivity index (χ2n) is 6.49. The van der Waals surface area contributed by atoms with E-state index in [0.29, 0.717) is 0 Å². The SMILES string of the molecule is CC(C)C(C)(NC(=O)OC(C)(C)C)c1ccc(Br)cc1. The molecule has 0 aliphatic rings. The molecule has 1 amide bonds. The lowest BCUT2D eigenvalue weighted by Crippen LogP contribution is -2.49. The molecular formula is C16H24BrNO2. The molecule has 112 valence electrons. The van der Waals surface area contributed by atoms with E-state index >= 15 is 0 Å². The number of hydrogen-bond acceptors (Lipinski definition) is 2. The largest absolute Gasteiger partial charge is 0.444 e. The van der Waals surface area contributed by atoms with E-state index in [1.807, 2.05) is 52.0 Å². The number of halogens is 1. The third-order valence-electron chi connectivity index (χ3n) is 3.36. The Hall–Kier alpha value is -1.03. The Bertz CT molecular complexity index is 462. The quantitative estimate of drug-likeness (QED) is 0.853. The minimum atomic E-state index is -0.498. The number of carbonyl (C=O) groups is 1. The first-order valence-corrected chi connectivity index (χ1v) is 7.61. The van der Waals surface area contributed by atoms with Crippen molar-refractivity contribution in [3.63, 3.8) is 0 Å². The van der Waals surface area contributed by atoms with E-state index in [1.165, 1.54) is 0 Å². The zero-order valence-corrected chi connectivity index (χ0v) is 14.7. The molecule has 0 aliphatic carbocycles. The van der Waals surface area contributed by atoms with Gasteiger partial charge in [0.15, 0.2) is 0 Å². The van der Waals surface area contributed by atoms with Gasteiger partial charge in [0.05, 0.1) is 5.54 Å². The van der Waals surface area contributed by atoms with Crippen molar-refractivity contribution < 1.29 is 9.53 Å². The van der Waals surface area contributed by atoms with Crippen LogP contribution in [0.1, 0.15) is 47.1 Å². The number of hydrogen-bond donors (Lipinski definition) is 1. The molecule has 0 spiro atoms. The van der Waals surface area contributed by atoms with Crippen LogP contribution >= 0.6 is 15.9 Å². The van der Waals surface area contributed by atoms with Gasteiger partial charge in [0.2, 0.25) is 0 Å². The van der Waals surface area contributed by atoms with Crippen molar-refractivity contribution in [2.45, 2.75) is 52.7 Å². The van der Waals surface area contributed by atoms with E-state index in [1.54, 1.807) is 0 Å². The molecule has 1 rings (SSSR count). The van der Waals surface area contributed by atoms with Crippen LogP contribution in [0.25, 0.3) is 0 Å². The van der Waals surface area contributed by atoms with Crippen molar-refractivity contribution in [2.24, 2.45) is 5.92 Å². The summed E-state index contributed by atoms with van der Waals surface area (Å²) in [6.45, 7) is 11.8. The van der Waals surface area contributed by atoms with Gasteiger partial charge in [0.25, 0.3) is 0 Å². The minimum Gasteiger partial charge on any atom is -0.444 e. The van der Waals surface area contributed by atoms with Gasteiger partial charge in [-0.15, -0.1) is 0 Å². The number of alkyl carbamates (subject to hydrolysis) is 1. The number of rotatable bonds is 3. The Morgan fingerprint density at radius 2 is 1.65 bits per heavy atom. The number of carbonyl (C=O) groups excluding carboxylic acids is 1. The molecule has 0 aliphatic heterocycles. The van der Waals surface area contributed by atoms with Crippen molar-refractivity contribution in [1.82, 2.24) is 5.32 Å². The molecule has 1 aromatic carbocycles. The molecule has 0 aromatic heterocycles. The monoisotopic (exact) mass is 341 g/mol. The first kappa shape index (κ1) is 17.0. The Morgan fingerprint density at radius 1 is 1.15 bits per heavy atom. The maximum atomic E-state index is 12.1. The molecule has 0 saturated carbocycles. The van der Waals surface area contributed by atoms with Crippen LogP contribution in [0, 0.1) is 5.92 Å². The van der Waals surface area contributed by atoms with Crippen LogP contribution in [0.2, 0.25) is 0 Å². The molecule has 0 fully saturated rings. The van der Waals surface area contributed by atoms with Crippen LogP contribution in [0.3, 0.4) is 0 Å². The van der Waals surface area contributed by atoms with Crippen LogP contribution in [-0.4, -0.2) is 11.7 Å². The van der Waals surface area contributed by atoms with Gasteiger partial charge >= 0.3 is 6.09 Å². The molecule has 0 bridgehead atoms. The van der Waals surface area contributed by atoms with Crippen LogP contribution < -0.4 is 5.32 Å². The van der Waals surface area contributed by atoms with Crippen LogP contribution in [0.4, 0.5) is 4.79 Å². The molecule has 0 saturated heterocycles. The average Bonchev–Trinajstić information content (AvgIpc) is 2.26. The average molecular weight is 342 g/mol. The van der Waals surface area contributed by atoms with Crippen LogP contribution in [-0.2, 0) is 10.3 Å². The summed E-state index contributed by atoms with van der Waals surface area (Å²) in [5.41, 5.74) is 0.0895. The van der Waals surface area contributed by atoms with Crippen LogP contribution in [0.15, 0.2) is 28.7 Å². The summed E-state index contributed by atoms with van der Waals surface area (Å²) in [6.07, 6.45) is -0.392. The first-order chi connectivity index (χ1) is 9.04. The second-order valence-corrected chi connectivity index (χ2v) is 7.41. The number of nitrogens with one attached hydrogen (secondary N) is 1. The molecule has 1 aromatic rings. The summed E-state index contributed by atoms with van der Waals surface area (Å²) < 4.78 is 6.39. The van der Waals surface area contributed by atoms with Crippen molar-refractivity contribution >= 4 is 22.0 Å². The smallest absolute Gasteiger partial charge is 0.408 e. The summed E-state index contributed by atoms with van der Waals surface area (Å²) in [4.78, 5) is 12.1. The molecule has 3 nitrogen and oxygen atoms in total. The number of ether oxygens (including phenoxy) is 1. The topological polar surface area (TPSA) is 38.3 Å². The van der Waals surface area contributed by atoms with E-state index in [4.69, 9.17) is 4.74 Å². The standard InChI is InChI=1S/C16H24BrNO2/c1-11(2)16(6,12-7-9-13(17)10-8-12)18-14(19)20-15(3,4)5/h7-11H,1-6H3,(H,18,19). The maximum absolute atomic E-state index is 12.1. The molecule has 1 N–H and O–H groups in total. The summed E-state index contributed by atoms with van der Waals surface area (Å²) in [6, 6.07) is 7.99. The summed E-state index contributed by atoms with van der Waals surface area (Å²) in [5, 5.41) is 3.01. The van der Waals surface area contributed by atoms with E-state index in [9.17, 15) is 4.79 Å². The Labute approximate surface area is 130 Å². The highest BCUT2D eigenvalue weighted by molar-refractivity contribution is 9.10. The fourth-order valence-corrected chi connectivity index (χ4v) is 2.13. The van der Waals surface area contributed by atoms with E-state index < -0.39 is 17.2 Å². The third kappa shape index (κ3) is 4.51. The first-order valence-electron chi connectivity index (χ1n) is 6.82. The predicted molar refractivity (Wildman–Crippen MR) is 85.7 cm³/mol. The summed E-state index contributed by atoms with van der Waals surface area (Å²) in [5.74, 6) is 0.233. The van der Waals surface area contributed by atoms with Crippen molar-refractivity contribution in [3.05, 3.63) is 34.3 Å². The van der Waals surface area contributed by atoms with E-state index in [-0.39, 0.29) is 5.92 Å². The van der Waals surface area contributed by atoms with Gasteiger partial charge in [-0.1, -0.05) is 41.9 Å². The molecule has 1 atom stereocenters. The third-order valence-corrected chi connectivity index (χ3v) is 3.89. The van der Waals surface area contributed by atoms with Crippen molar-refractivity contribution in [1.29, 1.82) is 0 Å². The fraction of sp³-hybridized carbons (Fsp3) is 0.562. The van der Waals surface area contributed by atoms with Gasteiger partial charge in [0.1, 0.15) is 5.60 Å². The lowest BCUT2D eigenvalue weighted by Gasteiger charge is -2.36. The van der Waals surface area contributed by atoms with Gasteiger partial charge in [-0.25, -0.2) is 4.79 Å². The normalized spacial score (nSPS) is 14.8. The number of amides is 1. The highest BCUT2D eigenvalue weighted by Gasteiger charge is 2.33. The van der Waals surface area contributed by atoms with Gasteiger partial charge in [-0.05, 0) is 51.3 Å². The van der Waals surface area contributed by atoms with E-state index in [0.717, 1.165) is 10.0 Å². The second kappa shape index (κ2) is 6.17. The van der Waals surface area contributed by atoms with E-state index in [2.05, 4.69) is 35.1 Å². The molecule has 4 heteroatoms. The molecule has 20 heavy (non-hydrogen) atoms. The molecule has 1 unspecified atom stereocenters. The Balaban J connectivity index is 2.98. The summed E-state index contributed by atoms with van der Waals surface area (Å²) >= 11 is 3.43. The summed E-state index contributed by atoms with van der Waals surface area (Å²) in [7, 11) is 0. The van der Waals surface area contributed by atoms with Crippen molar-refractivity contribution in [3.8, 4) is 0 Å². The Morgan fingerprint density at radius 3 is 2.05 bits per heavy atom. The van der Waals surface area contributed by atoms with Crippen molar-refractivity contribution in [2.75, 3.05) is 0 Å². The number of benzene rings is 1. The lowest BCUT2D eigenvalue weighted by molar-refractivity contribution is 0.0429.